The van der Waals surface area contributed by atoms with Gasteiger partial charge < -0.3 is 5.32 Å². The van der Waals surface area contributed by atoms with Gasteiger partial charge in [0.1, 0.15) is 4.90 Å². The molecular weight excluding hydrogens is 274 g/mol. The fourth-order valence-corrected chi connectivity index (χ4v) is 4.13. The van der Waals surface area contributed by atoms with Gasteiger partial charge in [-0.25, -0.2) is 13.1 Å². The molecule has 0 radical (unpaired) electrons. The number of nitrogens with zero attached hydrogens (tertiary/aromatic N) is 1. The molecule has 1 aliphatic carbocycles. The maximum atomic E-state index is 12.6. The van der Waals surface area contributed by atoms with Crippen molar-refractivity contribution in [1.29, 1.82) is 0 Å². The maximum Gasteiger partial charge on any atom is 0.244 e. The Hall–Kier alpha value is -1.14. The van der Waals surface area contributed by atoms with Crippen molar-refractivity contribution in [3.8, 4) is 0 Å². The lowest BCUT2D eigenvalue weighted by molar-refractivity contribution is 0.214. The summed E-state index contributed by atoms with van der Waals surface area (Å²) >= 11 is 0. The van der Waals surface area contributed by atoms with Gasteiger partial charge in [0, 0.05) is 24.5 Å². The molecule has 2 N–H and O–H groups in total. The van der Waals surface area contributed by atoms with E-state index in [0.717, 1.165) is 38.6 Å². The minimum absolute atomic E-state index is 0.244. The monoisotopic (exact) mass is 297 g/mol. The Kier molecular flexibility index (Phi) is 4.65. The molecule has 0 unspecified atom stereocenters. The number of nitrogens with one attached hydrogen (secondary N) is 2. The van der Waals surface area contributed by atoms with Crippen molar-refractivity contribution in [2.45, 2.75) is 56.4 Å². The lowest BCUT2D eigenvalue weighted by atomic mass is 9.76. The van der Waals surface area contributed by atoms with Crippen LogP contribution >= 0.6 is 0 Å². The molecule has 0 aliphatic heterocycles. The molecule has 1 aromatic rings. The molecule has 1 aliphatic rings. The molecule has 2 rings (SSSR count). The number of aromatic nitrogens is 1. The van der Waals surface area contributed by atoms with Crippen LogP contribution in [-0.4, -0.2) is 25.5 Å². The van der Waals surface area contributed by atoms with Gasteiger partial charge in [-0.2, -0.15) is 0 Å². The van der Waals surface area contributed by atoms with Crippen LogP contribution in [0.4, 0.5) is 5.69 Å². The lowest BCUT2D eigenvalue weighted by Gasteiger charge is -2.41. The number of pyridine rings is 1. The minimum Gasteiger partial charge on any atom is -0.384 e. The molecule has 1 saturated carbocycles. The average Bonchev–Trinajstić information content (AvgIpc) is 2.41. The molecule has 20 heavy (non-hydrogen) atoms. The Morgan fingerprint density at radius 3 is 2.65 bits per heavy atom. The molecule has 1 aromatic heterocycles. The summed E-state index contributed by atoms with van der Waals surface area (Å²) < 4.78 is 28.1. The van der Waals surface area contributed by atoms with Crippen LogP contribution in [0.3, 0.4) is 0 Å². The first kappa shape index (κ1) is 15.3. The van der Waals surface area contributed by atoms with E-state index in [-0.39, 0.29) is 10.4 Å². The molecule has 0 amide bonds. The number of rotatable bonds is 7. The smallest absolute Gasteiger partial charge is 0.244 e. The van der Waals surface area contributed by atoms with Crippen LogP contribution < -0.4 is 10.0 Å². The highest BCUT2D eigenvalue weighted by molar-refractivity contribution is 7.89. The molecule has 0 aromatic carbocycles. The van der Waals surface area contributed by atoms with E-state index in [2.05, 4.69) is 15.0 Å². The standard InChI is InChI=1S/C14H23N3O2S/c1-3-9-16-12-6-10-15-11-13(12)20(18,19)17-14(4-2)7-5-8-14/h6,10-11,17H,3-5,7-9H2,1-2H3,(H,15,16). The summed E-state index contributed by atoms with van der Waals surface area (Å²) in [7, 11) is -3.53. The van der Waals surface area contributed by atoms with Crippen LogP contribution in [-0.2, 0) is 10.0 Å². The van der Waals surface area contributed by atoms with Crippen molar-refractivity contribution in [2.24, 2.45) is 0 Å². The van der Waals surface area contributed by atoms with Gasteiger partial charge in [0.05, 0.1) is 5.69 Å². The first-order chi connectivity index (χ1) is 9.53. The van der Waals surface area contributed by atoms with Crippen LogP contribution in [0.5, 0.6) is 0 Å². The van der Waals surface area contributed by atoms with Crippen molar-refractivity contribution in [2.75, 3.05) is 11.9 Å². The van der Waals surface area contributed by atoms with Crippen LogP contribution in [0.15, 0.2) is 23.4 Å². The number of sulfonamides is 1. The first-order valence-electron chi connectivity index (χ1n) is 7.25. The van der Waals surface area contributed by atoms with Gasteiger partial charge in [-0.3, -0.25) is 4.98 Å². The number of hydrogen-bond donors (Lipinski definition) is 2. The Labute approximate surface area is 121 Å². The van der Waals surface area contributed by atoms with Gasteiger partial charge in [-0.1, -0.05) is 13.8 Å². The van der Waals surface area contributed by atoms with Gasteiger partial charge in [0.25, 0.3) is 0 Å². The van der Waals surface area contributed by atoms with Gasteiger partial charge in [0.2, 0.25) is 10.0 Å². The third-order valence-corrected chi connectivity index (χ3v) is 5.58. The van der Waals surface area contributed by atoms with E-state index < -0.39 is 10.0 Å². The predicted octanol–water partition coefficient (Wildman–Crippen LogP) is 2.51. The molecule has 112 valence electrons. The molecule has 0 spiro atoms. The third-order valence-electron chi connectivity index (χ3n) is 3.98. The molecule has 0 saturated heterocycles. The van der Waals surface area contributed by atoms with Crippen molar-refractivity contribution in [3.05, 3.63) is 18.5 Å². The fraction of sp³-hybridized carbons (Fsp3) is 0.643. The predicted molar refractivity (Wildman–Crippen MR) is 80.2 cm³/mol. The molecule has 6 heteroatoms. The quantitative estimate of drug-likeness (QED) is 0.811. The normalized spacial score (nSPS) is 17.5. The zero-order chi connectivity index (χ0) is 14.6. The first-order valence-corrected chi connectivity index (χ1v) is 8.73. The molecule has 1 heterocycles. The van der Waals surface area contributed by atoms with E-state index in [1.165, 1.54) is 6.20 Å². The van der Waals surface area contributed by atoms with Crippen molar-refractivity contribution < 1.29 is 8.42 Å². The summed E-state index contributed by atoms with van der Waals surface area (Å²) in [5.74, 6) is 0. The maximum absolute atomic E-state index is 12.6. The zero-order valence-corrected chi connectivity index (χ0v) is 13.0. The Morgan fingerprint density at radius 1 is 1.35 bits per heavy atom. The lowest BCUT2D eigenvalue weighted by Crippen LogP contribution is -2.52. The van der Waals surface area contributed by atoms with Gasteiger partial charge in [-0.05, 0) is 38.2 Å². The molecule has 0 atom stereocenters. The summed E-state index contributed by atoms with van der Waals surface area (Å²) in [5, 5.41) is 3.15. The zero-order valence-electron chi connectivity index (χ0n) is 12.1. The topological polar surface area (TPSA) is 71.1 Å². The SMILES string of the molecule is CCCNc1ccncc1S(=O)(=O)NC1(CC)CCC1. The highest BCUT2D eigenvalue weighted by Crippen LogP contribution is 2.36. The van der Waals surface area contributed by atoms with E-state index >= 15 is 0 Å². The summed E-state index contributed by atoms with van der Waals surface area (Å²) in [4.78, 5) is 4.20. The summed E-state index contributed by atoms with van der Waals surface area (Å²) in [6, 6.07) is 1.71. The van der Waals surface area contributed by atoms with Crippen LogP contribution in [0, 0.1) is 0 Å². The molecule has 1 fully saturated rings. The largest absolute Gasteiger partial charge is 0.384 e. The van der Waals surface area contributed by atoms with E-state index in [4.69, 9.17) is 0 Å². The highest BCUT2D eigenvalue weighted by Gasteiger charge is 2.39. The van der Waals surface area contributed by atoms with E-state index in [0.29, 0.717) is 5.69 Å². The van der Waals surface area contributed by atoms with Crippen LogP contribution in [0.2, 0.25) is 0 Å². The number of anilines is 1. The van der Waals surface area contributed by atoms with Crippen LogP contribution in [0.25, 0.3) is 0 Å². The van der Waals surface area contributed by atoms with E-state index in [1.807, 2.05) is 13.8 Å². The Morgan fingerprint density at radius 2 is 2.10 bits per heavy atom. The second-order valence-corrected chi connectivity index (χ2v) is 7.04. The summed E-state index contributed by atoms with van der Waals surface area (Å²) in [6.45, 7) is 4.81. The van der Waals surface area contributed by atoms with Crippen molar-refractivity contribution in [1.82, 2.24) is 9.71 Å². The highest BCUT2D eigenvalue weighted by atomic mass is 32.2. The third kappa shape index (κ3) is 3.12. The second-order valence-electron chi connectivity index (χ2n) is 5.39. The average molecular weight is 297 g/mol. The summed E-state index contributed by atoms with van der Waals surface area (Å²) in [6.07, 6.45) is 7.71. The van der Waals surface area contributed by atoms with Crippen molar-refractivity contribution in [3.63, 3.8) is 0 Å². The minimum atomic E-state index is -3.53. The number of hydrogen-bond acceptors (Lipinski definition) is 4. The molecular formula is C14H23N3O2S. The van der Waals surface area contributed by atoms with E-state index in [1.54, 1.807) is 12.3 Å². The van der Waals surface area contributed by atoms with Gasteiger partial charge in [0.15, 0.2) is 0 Å². The Balaban J connectivity index is 2.25. The molecule has 0 bridgehead atoms. The fourth-order valence-electron chi connectivity index (χ4n) is 2.47. The molecule has 5 nitrogen and oxygen atoms in total. The Bertz CT molecular complexity index is 548. The van der Waals surface area contributed by atoms with Crippen molar-refractivity contribution >= 4 is 15.7 Å². The van der Waals surface area contributed by atoms with Crippen LogP contribution in [0.1, 0.15) is 46.0 Å². The van der Waals surface area contributed by atoms with Gasteiger partial charge >= 0.3 is 0 Å². The second kappa shape index (κ2) is 6.10. The summed E-state index contributed by atoms with van der Waals surface area (Å²) in [5.41, 5.74) is 0.372. The van der Waals surface area contributed by atoms with Gasteiger partial charge in [-0.15, -0.1) is 0 Å². The van der Waals surface area contributed by atoms with E-state index in [9.17, 15) is 8.42 Å².